The van der Waals surface area contributed by atoms with Gasteiger partial charge in [0.2, 0.25) is 5.13 Å². The molecule has 0 saturated carbocycles. The summed E-state index contributed by atoms with van der Waals surface area (Å²) < 4.78 is 4.40. The third kappa shape index (κ3) is 2.48. The van der Waals surface area contributed by atoms with Crippen LogP contribution in [0.5, 0.6) is 0 Å². The second-order valence-corrected chi connectivity index (χ2v) is 5.51. The van der Waals surface area contributed by atoms with Crippen LogP contribution >= 0.6 is 11.5 Å². The Balaban J connectivity index is 2.08. The van der Waals surface area contributed by atoms with Crippen LogP contribution in [0.1, 0.15) is 45.4 Å². The highest BCUT2D eigenvalue weighted by Gasteiger charge is 2.20. The first kappa shape index (κ1) is 10.9. The van der Waals surface area contributed by atoms with Crippen molar-refractivity contribution >= 4 is 16.7 Å². The second-order valence-electron chi connectivity index (χ2n) is 4.78. The lowest BCUT2D eigenvalue weighted by Gasteiger charge is -2.30. The summed E-state index contributed by atoms with van der Waals surface area (Å²) >= 11 is 1.55. The standard InChI is InChI=1S/C11H19N3S/c1-8(2)10-12-11(15-13-10)14-6-4-5-9(3)7-14/h8-9H,4-7H2,1-3H3. The smallest absolute Gasteiger partial charge is 0.205 e. The van der Waals surface area contributed by atoms with Crippen molar-refractivity contribution in [1.29, 1.82) is 0 Å². The van der Waals surface area contributed by atoms with Crippen LogP contribution in [0.25, 0.3) is 0 Å². The number of rotatable bonds is 2. The molecule has 1 unspecified atom stereocenters. The van der Waals surface area contributed by atoms with Crippen molar-refractivity contribution in [1.82, 2.24) is 9.36 Å². The molecule has 1 aliphatic heterocycles. The number of piperidine rings is 1. The molecule has 0 aromatic carbocycles. The number of anilines is 1. The molecule has 1 atom stereocenters. The van der Waals surface area contributed by atoms with E-state index in [4.69, 9.17) is 0 Å². The van der Waals surface area contributed by atoms with E-state index in [2.05, 4.69) is 35.0 Å². The molecule has 1 aliphatic rings. The molecule has 2 rings (SSSR count). The van der Waals surface area contributed by atoms with Gasteiger partial charge in [-0.25, -0.2) is 4.98 Å². The maximum Gasteiger partial charge on any atom is 0.205 e. The second kappa shape index (κ2) is 4.47. The average molecular weight is 225 g/mol. The van der Waals surface area contributed by atoms with Gasteiger partial charge in [-0.3, -0.25) is 0 Å². The number of aromatic nitrogens is 2. The molecule has 15 heavy (non-hydrogen) atoms. The molecule has 0 bridgehead atoms. The lowest BCUT2D eigenvalue weighted by atomic mass is 10.0. The van der Waals surface area contributed by atoms with Gasteiger partial charge in [0.15, 0.2) is 0 Å². The van der Waals surface area contributed by atoms with Crippen molar-refractivity contribution in [2.75, 3.05) is 18.0 Å². The van der Waals surface area contributed by atoms with Crippen LogP contribution in [0.3, 0.4) is 0 Å². The van der Waals surface area contributed by atoms with Gasteiger partial charge in [-0.2, -0.15) is 4.37 Å². The zero-order valence-electron chi connectivity index (χ0n) is 9.73. The third-order valence-corrected chi connectivity index (χ3v) is 3.67. The molecule has 4 heteroatoms. The quantitative estimate of drug-likeness (QED) is 0.775. The van der Waals surface area contributed by atoms with Gasteiger partial charge in [0.1, 0.15) is 5.82 Å². The molecular formula is C11H19N3S. The summed E-state index contributed by atoms with van der Waals surface area (Å²) in [5, 5.41) is 1.12. The number of nitrogens with zero attached hydrogens (tertiary/aromatic N) is 3. The van der Waals surface area contributed by atoms with Gasteiger partial charge in [-0.1, -0.05) is 20.8 Å². The summed E-state index contributed by atoms with van der Waals surface area (Å²) in [7, 11) is 0. The van der Waals surface area contributed by atoms with E-state index >= 15 is 0 Å². The molecule has 1 fully saturated rings. The highest BCUT2D eigenvalue weighted by Crippen LogP contribution is 2.26. The van der Waals surface area contributed by atoms with E-state index in [0.29, 0.717) is 5.92 Å². The Morgan fingerprint density at radius 1 is 1.47 bits per heavy atom. The third-order valence-electron chi connectivity index (χ3n) is 2.87. The fourth-order valence-corrected chi connectivity index (χ4v) is 2.79. The largest absolute Gasteiger partial charge is 0.347 e. The average Bonchev–Trinajstić information content (AvgIpc) is 2.66. The molecule has 0 amide bonds. The lowest BCUT2D eigenvalue weighted by molar-refractivity contribution is 0.446. The van der Waals surface area contributed by atoms with Crippen LogP contribution in [-0.4, -0.2) is 22.4 Å². The van der Waals surface area contributed by atoms with Crippen LogP contribution in [0, 0.1) is 5.92 Å². The molecule has 1 aromatic heterocycles. The van der Waals surface area contributed by atoms with Crippen molar-refractivity contribution in [3.63, 3.8) is 0 Å². The number of hydrogen-bond acceptors (Lipinski definition) is 4. The first-order chi connectivity index (χ1) is 7.16. The molecule has 84 valence electrons. The van der Waals surface area contributed by atoms with Crippen molar-refractivity contribution < 1.29 is 0 Å². The molecule has 0 aliphatic carbocycles. The Kier molecular flexibility index (Phi) is 3.24. The Labute approximate surface area is 95.7 Å². The maximum atomic E-state index is 4.60. The normalized spacial score (nSPS) is 22.4. The first-order valence-corrected chi connectivity index (χ1v) is 6.52. The zero-order chi connectivity index (χ0) is 10.8. The molecule has 1 saturated heterocycles. The van der Waals surface area contributed by atoms with Gasteiger partial charge in [0.25, 0.3) is 0 Å². The van der Waals surface area contributed by atoms with Crippen molar-refractivity contribution in [2.24, 2.45) is 5.92 Å². The minimum Gasteiger partial charge on any atom is -0.347 e. The fraction of sp³-hybridized carbons (Fsp3) is 0.818. The van der Waals surface area contributed by atoms with Crippen LogP contribution in [0.4, 0.5) is 5.13 Å². The van der Waals surface area contributed by atoms with Gasteiger partial charge < -0.3 is 4.90 Å². The Bertz CT molecular complexity index is 321. The van der Waals surface area contributed by atoms with E-state index in [1.165, 1.54) is 12.8 Å². The zero-order valence-corrected chi connectivity index (χ0v) is 10.5. The van der Waals surface area contributed by atoms with Gasteiger partial charge in [-0.15, -0.1) is 0 Å². The summed E-state index contributed by atoms with van der Waals surface area (Å²) in [4.78, 5) is 6.99. The van der Waals surface area contributed by atoms with Gasteiger partial charge in [0, 0.05) is 30.5 Å². The maximum absolute atomic E-state index is 4.60. The van der Waals surface area contributed by atoms with Crippen LogP contribution in [-0.2, 0) is 0 Å². The Hall–Kier alpha value is -0.640. The van der Waals surface area contributed by atoms with Crippen LogP contribution in [0.15, 0.2) is 0 Å². The monoisotopic (exact) mass is 225 g/mol. The Morgan fingerprint density at radius 2 is 2.27 bits per heavy atom. The Morgan fingerprint density at radius 3 is 2.87 bits per heavy atom. The van der Waals surface area contributed by atoms with Crippen molar-refractivity contribution in [2.45, 2.75) is 39.5 Å². The molecule has 2 heterocycles. The predicted octanol–water partition coefficient (Wildman–Crippen LogP) is 2.90. The van der Waals surface area contributed by atoms with Gasteiger partial charge in [0.05, 0.1) is 0 Å². The van der Waals surface area contributed by atoms with E-state index < -0.39 is 0 Å². The summed E-state index contributed by atoms with van der Waals surface area (Å²) in [5.41, 5.74) is 0. The highest BCUT2D eigenvalue weighted by molar-refractivity contribution is 7.09. The molecule has 3 nitrogen and oxygen atoms in total. The first-order valence-electron chi connectivity index (χ1n) is 5.75. The minimum atomic E-state index is 0.442. The SMILES string of the molecule is CC1CCCN(c2nc(C(C)C)ns2)C1. The summed E-state index contributed by atoms with van der Waals surface area (Å²) in [5.74, 6) is 2.23. The van der Waals surface area contributed by atoms with E-state index in [1.807, 2.05) is 0 Å². The molecule has 0 spiro atoms. The van der Waals surface area contributed by atoms with Crippen molar-refractivity contribution in [3.8, 4) is 0 Å². The minimum absolute atomic E-state index is 0.442. The molecule has 0 radical (unpaired) electrons. The van der Waals surface area contributed by atoms with Crippen LogP contribution < -0.4 is 4.90 Å². The van der Waals surface area contributed by atoms with E-state index in [9.17, 15) is 0 Å². The summed E-state index contributed by atoms with van der Waals surface area (Å²) in [6.45, 7) is 8.90. The van der Waals surface area contributed by atoms with E-state index in [0.717, 1.165) is 30.0 Å². The number of hydrogen-bond donors (Lipinski definition) is 0. The van der Waals surface area contributed by atoms with Crippen molar-refractivity contribution in [3.05, 3.63) is 5.82 Å². The molecule has 1 aromatic rings. The van der Waals surface area contributed by atoms with E-state index in [1.54, 1.807) is 11.5 Å². The molecule has 0 N–H and O–H groups in total. The highest BCUT2D eigenvalue weighted by atomic mass is 32.1. The van der Waals surface area contributed by atoms with E-state index in [-0.39, 0.29) is 0 Å². The lowest BCUT2D eigenvalue weighted by Crippen LogP contribution is -2.34. The topological polar surface area (TPSA) is 29.0 Å². The fourth-order valence-electron chi connectivity index (χ4n) is 1.95. The predicted molar refractivity (Wildman–Crippen MR) is 64.6 cm³/mol. The summed E-state index contributed by atoms with van der Waals surface area (Å²) in [6, 6.07) is 0. The molecular weight excluding hydrogens is 206 g/mol. The van der Waals surface area contributed by atoms with Crippen LogP contribution in [0.2, 0.25) is 0 Å². The van der Waals surface area contributed by atoms with Gasteiger partial charge >= 0.3 is 0 Å². The van der Waals surface area contributed by atoms with Gasteiger partial charge in [-0.05, 0) is 18.8 Å². The summed E-state index contributed by atoms with van der Waals surface area (Å²) in [6.07, 6.45) is 2.64.